The SMILES string of the molecule is Cc1nc(CN2CCC[C@H]2c2nnc3n2CCCCC3)sc1CCCN. The van der Waals surface area contributed by atoms with Gasteiger partial charge in [0.05, 0.1) is 18.3 Å². The highest BCUT2D eigenvalue weighted by Crippen LogP contribution is 2.34. The van der Waals surface area contributed by atoms with Crippen molar-refractivity contribution < 1.29 is 0 Å². The summed E-state index contributed by atoms with van der Waals surface area (Å²) in [6, 6.07) is 0.394. The van der Waals surface area contributed by atoms with E-state index in [-0.39, 0.29) is 0 Å². The molecule has 0 aromatic carbocycles. The summed E-state index contributed by atoms with van der Waals surface area (Å²) in [5.41, 5.74) is 6.85. The van der Waals surface area contributed by atoms with Gasteiger partial charge in [-0.1, -0.05) is 6.42 Å². The molecule has 7 heteroatoms. The molecule has 0 spiro atoms. The van der Waals surface area contributed by atoms with E-state index in [1.807, 2.05) is 11.3 Å². The molecule has 1 saturated heterocycles. The van der Waals surface area contributed by atoms with E-state index in [1.165, 1.54) is 59.3 Å². The van der Waals surface area contributed by atoms with E-state index < -0.39 is 0 Å². The van der Waals surface area contributed by atoms with Crippen molar-refractivity contribution in [2.75, 3.05) is 13.1 Å². The second-order valence-electron chi connectivity index (χ2n) is 7.57. The fraction of sp³-hybridized carbons (Fsp3) is 0.737. The minimum Gasteiger partial charge on any atom is -0.330 e. The summed E-state index contributed by atoms with van der Waals surface area (Å²) in [5, 5.41) is 10.4. The minimum absolute atomic E-state index is 0.394. The highest BCUT2D eigenvalue weighted by atomic mass is 32.1. The van der Waals surface area contributed by atoms with Crippen LogP contribution in [0.4, 0.5) is 0 Å². The third-order valence-corrected chi connectivity index (χ3v) is 6.89. The van der Waals surface area contributed by atoms with Crippen molar-refractivity contribution in [1.29, 1.82) is 0 Å². The summed E-state index contributed by atoms with van der Waals surface area (Å²) >= 11 is 1.87. The number of fused-ring (bicyclic) bond motifs is 1. The highest BCUT2D eigenvalue weighted by Gasteiger charge is 2.32. The molecule has 4 rings (SSSR count). The standard InChI is InChI=1S/C19H30N6S/c1-14-16(8-5-10-20)26-18(21-14)13-24-11-6-7-15(24)19-23-22-17-9-3-2-4-12-25(17)19/h15H,2-13,20H2,1H3/t15-/m0/s1. The minimum atomic E-state index is 0.394. The summed E-state index contributed by atoms with van der Waals surface area (Å²) in [7, 11) is 0. The second kappa shape index (κ2) is 8.15. The van der Waals surface area contributed by atoms with Gasteiger partial charge in [-0.25, -0.2) is 4.98 Å². The number of rotatable bonds is 6. The van der Waals surface area contributed by atoms with E-state index in [0.717, 1.165) is 45.4 Å². The smallest absolute Gasteiger partial charge is 0.150 e. The molecular weight excluding hydrogens is 344 g/mol. The number of nitrogens with zero attached hydrogens (tertiary/aromatic N) is 5. The number of thiazole rings is 1. The maximum Gasteiger partial charge on any atom is 0.150 e. The van der Waals surface area contributed by atoms with Gasteiger partial charge < -0.3 is 10.3 Å². The quantitative estimate of drug-likeness (QED) is 0.841. The Morgan fingerprint density at radius 3 is 2.96 bits per heavy atom. The van der Waals surface area contributed by atoms with Gasteiger partial charge >= 0.3 is 0 Å². The lowest BCUT2D eigenvalue weighted by atomic mass is 10.2. The molecular formula is C19H30N6S. The highest BCUT2D eigenvalue weighted by molar-refractivity contribution is 7.11. The Morgan fingerprint density at radius 2 is 2.08 bits per heavy atom. The molecule has 2 aliphatic heterocycles. The average Bonchev–Trinajstić information content (AvgIpc) is 3.29. The van der Waals surface area contributed by atoms with Crippen LogP contribution in [0.2, 0.25) is 0 Å². The third kappa shape index (κ3) is 3.70. The number of aryl methyl sites for hydroxylation is 3. The normalized spacial score (nSPS) is 21.1. The fourth-order valence-electron chi connectivity index (χ4n) is 4.29. The van der Waals surface area contributed by atoms with Gasteiger partial charge in [-0.3, -0.25) is 4.90 Å². The number of hydrogen-bond donors (Lipinski definition) is 1. The maximum absolute atomic E-state index is 5.67. The van der Waals surface area contributed by atoms with Gasteiger partial charge in [0.15, 0.2) is 0 Å². The molecule has 0 saturated carbocycles. The average molecular weight is 375 g/mol. The van der Waals surface area contributed by atoms with Crippen LogP contribution in [-0.2, 0) is 25.9 Å². The van der Waals surface area contributed by atoms with Gasteiger partial charge in [-0.2, -0.15) is 0 Å². The molecule has 4 heterocycles. The van der Waals surface area contributed by atoms with Crippen molar-refractivity contribution in [3.63, 3.8) is 0 Å². The third-order valence-electron chi connectivity index (χ3n) is 5.68. The van der Waals surface area contributed by atoms with Crippen LogP contribution < -0.4 is 5.73 Å². The molecule has 142 valence electrons. The fourth-order valence-corrected chi connectivity index (χ4v) is 5.42. The molecule has 0 amide bonds. The van der Waals surface area contributed by atoms with E-state index in [0.29, 0.717) is 6.04 Å². The van der Waals surface area contributed by atoms with Crippen molar-refractivity contribution >= 4 is 11.3 Å². The van der Waals surface area contributed by atoms with Crippen LogP contribution in [0.25, 0.3) is 0 Å². The Hall–Kier alpha value is -1.31. The van der Waals surface area contributed by atoms with Crippen molar-refractivity contribution in [2.45, 2.75) is 77.4 Å². The maximum atomic E-state index is 5.67. The van der Waals surface area contributed by atoms with Crippen molar-refractivity contribution in [1.82, 2.24) is 24.6 Å². The van der Waals surface area contributed by atoms with Gasteiger partial charge in [0.2, 0.25) is 0 Å². The summed E-state index contributed by atoms with van der Waals surface area (Å²) in [6.45, 7) is 6.02. The zero-order chi connectivity index (χ0) is 17.9. The van der Waals surface area contributed by atoms with Crippen LogP contribution >= 0.6 is 11.3 Å². The Balaban J connectivity index is 1.50. The Kier molecular flexibility index (Phi) is 5.66. The lowest BCUT2D eigenvalue weighted by Gasteiger charge is -2.23. The van der Waals surface area contributed by atoms with Gasteiger partial charge in [0, 0.05) is 17.8 Å². The predicted octanol–water partition coefficient (Wildman–Crippen LogP) is 3.00. The summed E-state index contributed by atoms with van der Waals surface area (Å²) < 4.78 is 2.41. The second-order valence-corrected chi connectivity index (χ2v) is 8.74. The first-order valence-corrected chi connectivity index (χ1v) is 10.9. The molecule has 6 nitrogen and oxygen atoms in total. The summed E-state index contributed by atoms with van der Waals surface area (Å²) in [6.07, 6.45) is 9.40. The molecule has 0 aliphatic carbocycles. The molecule has 1 atom stereocenters. The van der Waals surface area contributed by atoms with Crippen LogP contribution in [0.15, 0.2) is 0 Å². The molecule has 2 aromatic heterocycles. The lowest BCUT2D eigenvalue weighted by Crippen LogP contribution is -2.25. The molecule has 1 fully saturated rings. The molecule has 2 aliphatic rings. The Labute approximate surface area is 159 Å². The first-order valence-electron chi connectivity index (χ1n) is 10.1. The van der Waals surface area contributed by atoms with Gasteiger partial charge in [0.1, 0.15) is 16.7 Å². The Morgan fingerprint density at radius 1 is 1.15 bits per heavy atom. The van der Waals surface area contributed by atoms with E-state index >= 15 is 0 Å². The first-order chi connectivity index (χ1) is 12.8. The summed E-state index contributed by atoms with van der Waals surface area (Å²) in [4.78, 5) is 8.80. The van der Waals surface area contributed by atoms with E-state index in [2.05, 4.69) is 26.6 Å². The molecule has 0 radical (unpaired) electrons. The largest absolute Gasteiger partial charge is 0.330 e. The lowest BCUT2D eigenvalue weighted by molar-refractivity contribution is 0.233. The number of hydrogen-bond acceptors (Lipinski definition) is 6. The van der Waals surface area contributed by atoms with Gasteiger partial charge in [-0.15, -0.1) is 21.5 Å². The topological polar surface area (TPSA) is 72.9 Å². The molecule has 0 bridgehead atoms. The first kappa shape index (κ1) is 18.1. The van der Waals surface area contributed by atoms with Crippen LogP contribution in [0.3, 0.4) is 0 Å². The Bertz CT molecular complexity index is 736. The monoisotopic (exact) mass is 374 g/mol. The van der Waals surface area contributed by atoms with E-state index in [4.69, 9.17) is 10.7 Å². The molecule has 26 heavy (non-hydrogen) atoms. The number of nitrogens with two attached hydrogens (primary N) is 1. The van der Waals surface area contributed by atoms with Crippen LogP contribution in [0, 0.1) is 6.92 Å². The molecule has 2 aromatic rings. The van der Waals surface area contributed by atoms with Gasteiger partial charge in [-0.05, 0) is 58.5 Å². The van der Waals surface area contributed by atoms with E-state index in [1.54, 1.807) is 0 Å². The number of aromatic nitrogens is 4. The van der Waals surface area contributed by atoms with Crippen LogP contribution in [0.5, 0.6) is 0 Å². The predicted molar refractivity (Wildman–Crippen MR) is 104 cm³/mol. The van der Waals surface area contributed by atoms with E-state index in [9.17, 15) is 0 Å². The number of likely N-dealkylation sites (tertiary alicyclic amines) is 1. The van der Waals surface area contributed by atoms with Crippen molar-refractivity contribution in [3.05, 3.63) is 27.2 Å². The van der Waals surface area contributed by atoms with Crippen LogP contribution in [0.1, 0.15) is 71.8 Å². The van der Waals surface area contributed by atoms with Crippen molar-refractivity contribution in [2.24, 2.45) is 5.73 Å². The van der Waals surface area contributed by atoms with Crippen molar-refractivity contribution in [3.8, 4) is 0 Å². The van der Waals surface area contributed by atoms with Crippen LogP contribution in [-0.4, -0.2) is 37.7 Å². The van der Waals surface area contributed by atoms with Gasteiger partial charge in [0.25, 0.3) is 0 Å². The zero-order valence-corrected chi connectivity index (χ0v) is 16.6. The molecule has 2 N–H and O–H groups in total. The molecule has 0 unspecified atom stereocenters. The zero-order valence-electron chi connectivity index (χ0n) is 15.8. The summed E-state index contributed by atoms with van der Waals surface area (Å²) in [5.74, 6) is 2.38.